The molecule has 3 unspecified atom stereocenters. The summed E-state index contributed by atoms with van der Waals surface area (Å²) in [6, 6.07) is -0.804. The lowest BCUT2D eigenvalue weighted by Gasteiger charge is -2.26. The summed E-state index contributed by atoms with van der Waals surface area (Å²) in [6.07, 6.45) is 64.2. The Kier molecular flexibility index (Phi) is 52.4. The van der Waals surface area contributed by atoms with Crippen LogP contribution in [-0.2, 0) is 4.79 Å². The zero-order chi connectivity index (χ0) is 45.1. The zero-order valence-corrected chi connectivity index (χ0v) is 42.5. The van der Waals surface area contributed by atoms with Crippen LogP contribution in [0.2, 0.25) is 0 Å². The van der Waals surface area contributed by atoms with Crippen LogP contribution in [-0.4, -0.2) is 46.1 Å². The highest BCUT2D eigenvalue weighted by molar-refractivity contribution is 5.76. The molecule has 1 amide bonds. The molecule has 0 aromatic rings. The van der Waals surface area contributed by atoms with E-state index < -0.39 is 18.2 Å². The van der Waals surface area contributed by atoms with E-state index in [2.05, 4.69) is 19.2 Å². The van der Waals surface area contributed by atoms with Gasteiger partial charge in [0.05, 0.1) is 18.8 Å². The summed E-state index contributed by atoms with van der Waals surface area (Å²) in [6.45, 7) is 4.22. The normalized spacial score (nSPS) is 13.2. The summed E-state index contributed by atoms with van der Waals surface area (Å²) in [4.78, 5) is 12.5. The van der Waals surface area contributed by atoms with Crippen LogP contribution in [0.4, 0.5) is 0 Å². The van der Waals surface area contributed by atoms with Crippen LogP contribution in [0.5, 0.6) is 0 Å². The third-order valence-corrected chi connectivity index (χ3v) is 14.0. The van der Waals surface area contributed by atoms with Crippen molar-refractivity contribution in [3.05, 3.63) is 0 Å². The van der Waals surface area contributed by atoms with Crippen LogP contribution in [0, 0.1) is 0 Å². The van der Waals surface area contributed by atoms with Crippen LogP contribution in [0.1, 0.15) is 335 Å². The van der Waals surface area contributed by atoms with Gasteiger partial charge in [0, 0.05) is 6.42 Å². The number of nitrogens with one attached hydrogen (secondary N) is 1. The zero-order valence-electron chi connectivity index (χ0n) is 42.5. The van der Waals surface area contributed by atoms with E-state index in [4.69, 9.17) is 0 Å². The topological polar surface area (TPSA) is 89.8 Å². The molecular weight excluding hydrogens is 763 g/mol. The molecule has 0 fully saturated rings. The lowest BCUT2D eigenvalue weighted by molar-refractivity contribution is -0.124. The maximum Gasteiger partial charge on any atom is 0.220 e. The van der Waals surface area contributed by atoms with Gasteiger partial charge in [-0.2, -0.15) is 0 Å². The fourth-order valence-corrected chi connectivity index (χ4v) is 9.52. The van der Waals surface area contributed by atoms with E-state index in [1.807, 2.05) is 0 Å². The second-order valence-corrected chi connectivity index (χ2v) is 20.2. The summed E-state index contributed by atoms with van der Waals surface area (Å²) in [5, 5.41) is 33.7. The second kappa shape index (κ2) is 53.0. The molecule has 0 aliphatic rings. The van der Waals surface area contributed by atoms with Gasteiger partial charge < -0.3 is 20.6 Å². The number of unbranched alkanes of at least 4 members (excludes halogenated alkanes) is 46. The van der Waals surface area contributed by atoms with E-state index in [0.717, 1.165) is 32.1 Å². The molecule has 62 heavy (non-hydrogen) atoms. The highest BCUT2D eigenvalue weighted by Crippen LogP contribution is 2.19. The maximum atomic E-state index is 12.5. The molecular formula is C57H115NO4. The molecule has 0 aliphatic carbocycles. The largest absolute Gasteiger partial charge is 0.394 e. The molecule has 5 nitrogen and oxygen atoms in total. The van der Waals surface area contributed by atoms with E-state index in [-0.39, 0.29) is 12.5 Å². The van der Waals surface area contributed by atoms with Gasteiger partial charge in [0.2, 0.25) is 5.91 Å². The summed E-state index contributed by atoms with van der Waals surface area (Å²) < 4.78 is 0. The van der Waals surface area contributed by atoms with Crippen molar-refractivity contribution in [2.24, 2.45) is 0 Å². The first-order valence-corrected chi connectivity index (χ1v) is 28.8. The summed E-state index contributed by atoms with van der Waals surface area (Å²) in [7, 11) is 0. The van der Waals surface area contributed by atoms with Crippen LogP contribution in [0.3, 0.4) is 0 Å². The predicted molar refractivity (Wildman–Crippen MR) is 273 cm³/mol. The van der Waals surface area contributed by atoms with Crippen LogP contribution in [0.25, 0.3) is 0 Å². The van der Waals surface area contributed by atoms with Crippen molar-refractivity contribution < 1.29 is 20.1 Å². The van der Waals surface area contributed by atoms with Gasteiger partial charge in [-0.25, -0.2) is 0 Å². The number of amides is 1. The van der Waals surface area contributed by atoms with E-state index in [0.29, 0.717) is 12.8 Å². The van der Waals surface area contributed by atoms with Gasteiger partial charge in [0.25, 0.3) is 0 Å². The van der Waals surface area contributed by atoms with Crippen molar-refractivity contribution in [3.63, 3.8) is 0 Å². The summed E-state index contributed by atoms with van der Waals surface area (Å²) in [5.41, 5.74) is 0. The number of carbonyl (C=O) groups is 1. The highest BCUT2D eigenvalue weighted by atomic mass is 16.3. The lowest BCUT2D eigenvalue weighted by Crippen LogP contribution is -2.50. The van der Waals surface area contributed by atoms with Crippen molar-refractivity contribution >= 4 is 5.91 Å². The Labute approximate surface area is 389 Å². The van der Waals surface area contributed by atoms with Crippen molar-refractivity contribution in [1.82, 2.24) is 5.32 Å². The first-order valence-electron chi connectivity index (χ1n) is 28.8. The average Bonchev–Trinajstić information content (AvgIpc) is 3.28. The molecule has 4 N–H and O–H groups in total. The molecule has 0 aromatic heterocycles. The molecule has 0 rings (SSSR count). The van der Waals surface area contributed by atoms with Crippen LogP contribution in [0.15, 0.2) is 0 Å². The number of hydrogen-bond donors (Lipinski definition) is 4. The van der Waals surface area contributed by atoms with Crippen molar-refractivity contribution in [2.45, 2.75) is 353 Å². The highest BCUT2D eigenvalue weighted by Gasteiger charge is 2.26. The van der Waals surface area contributed by atoms with Crippen molar-refractivity contribution in [2.75, 3.05) is 6.61 Å². The molecule has 5 heteroatoms. The van der Waals surface area contributed by atoms with E-state index in [9.17, 15) is 20.1 Å². The first kappa shape index (κ1) is 61.4. The fraction of sp³-hybridized carbons (Fsp3) is 0.982. The summed E-state index contributed by atoms with van der Waals surface area (Å²) >= 11 is 0. The second-order valence-electron chi connectivity index (χ2n) is 20.2. The van der Waals surface area contributed by atoms with Gasteiger partial charge in [0.1, 0.15) is 6.10 Å². The molecule has 0 saturated heterocycles. The quantitative estimate of drug-likeness (QED) is 0.0458. The molecule has 0 saturated carbocycles. The minimum Gasteiger partial charge on any atom is -0.394 e. The van der Waals surface area contributed by atoms with Gasteiger partial charge in [-0.1, -0.05) is 316 Å². The smallest absolute Gasteiger partial charge is 0.220 e. The average molecular weight is 879 g/mol. The molecule has 372 valence electrons. The molecule has 3 atom stereocenters. The van der Waals surface area contributed by atoms with Gasteiger partial charge in [-0.15, -0.1) is 0 Å². The Morgan fingerprint density at radius 1 is 0.339 bits per heavy atom. The fourth-order valence-electron chi connectivity index (χ4n) is 9.52. The Morgan fingerprint density at radius 3 is 0.774 bits per heavy atom. The monoisotopic (exact) mass is 878 g/mol. The van der Waals surface area contributed by atoms with Gasteiger partial charge in [0.15, 0.2) is 0 Å². The van der Waals surface area contributed by atoms with Gasteiger partial charge >= 0.3 is 0 Å². The standard InChI is InChI=1S/C57H115NO4/c1-3-5-7-9-11-13-15-17-19-20-21-22-23-24-25-26-27-28-29-30-31-32-33-34-35-36-38-40-42-44-46-48-50-52-56(61)58-54(53-59)57(62)55(60)51-49-47-45-43-41-39-37-18-16-14-12-10-8-6-4-2/h54-55,57,59-60,62H,3-53H2,1-2H3,(H,58,61). The lowest BCUT2D eigenvalue weighted by atomic mass is 9.99. The van der Waals surface area contributed by atoms with Crippen molar-refractivity contribution in [3.8, 4) is 0 Å². The van der Waals surface area contributed by atoms with Crippen molar-refractivity contribution in [1.29, 1.82) is 0 Å². The molecule has 0 heterocycles. The number of aliphatic hydroxyl groups excluding tert-OH is 3. The predicted octanol–water partition coefficient (Wildman–Crippen LogP) is 17.7. The minimum atomic E-state index is -1.13. The van der Waals surface area contributed by atoms with E-state index in [1.165, 1.54) is 276 Å². The Morgan fingerprint density at radius 2 is 0.548 bits per heavy atom. The molecule has 0 aromatic carbocycles. The molecule has 0 bridgehead atoms. The van der Waals surface area contributed by atoms with E-state index >= 15 is 0 Å². The Balaban J connectivity index is 3.43. The summed E-state index contributed by atoms with van der Waals surface area (Å²) in [5.74, 6) is -0.136. The minimum absolute atomic E-state index is 0.136. The third kappa shape index (κ3) is 47.3. The molecule has 0 aliphatic heterocycles. The Hall–Kier alpha value is -0.650. The van der Waals surface area contributed by atoms with Crippen LogP contribution >= 0.6 is 0 Å². The third-order valence-electron chi connectivity index (χ3n) is 14.0. The SMILES string of the molecule is CCCCCCCCCCCCCCCCCCCCCCCCCCCCCCCCCCCC(=O)NC(CO)C(O)C(O)CCCCCCCCCCCCCCCCC. The number of hydrogen-bond acceptors (Lipinski definition) is 4. The van der Waals surface area contributed by atoms with Gasteiger partial charge in [-0.05, 0) is 12.8 Å². The number of aliphatic hydroxyl groups is 3. The molecule has 0 spiro atoms. The van der Waals surface area contributed by atoms with Gasteiger partial charge in [-0.3, -0.25) is 4.79 Å². The van der Waals surface area contributed by atoms with Crippen LogP contribution < -0.4 is 5.32 Å². The van der Waals surface area contributed by atoms with E-state index in [1.54, 1.807) is 0 Å². The first-order chi connectivity index (χ1) is 30.6. The Bertz CT molecular complexity index is 838. The molecule has 0 radical (unpaired) electrons. The number of carbonyl (C=O) groups excluding carboxylic acids is 1. The number of rotatable bonds is 54. The maximum absolute atomic E-state index is 12.5.